The van der Waals surface area contributed by atoms with Gasteiger partial charge in [0.05, 0.1) is 11.1 Å². The van der Waals surface area contributed by atoms with Gasteiger partial charge in [0.2, 0.25) is 0 Å². The number of hydrogen-bond acceptors (Lipinski definition) is 3. The molecule has 0 aliphatic carbocycles. The summed E-state index contributed by atoms with van der Waals surface area (Å²) in [6, 6.07) is 16.6. The van der Waals surface area contributed by atoms with Crippen LogP contribution in [0, 0.1) is 0 Å². The summed E-state index contributed by atoms with van der Waals surface area (Å²) in [6.45, 7) is 0.598. The summed E-state index contributed by atoms with van der Waals surface area (Å²) in [5.41, 5.74) is 2.33. The molecule has 0 spiro atoms. The summed E-state index contributed by atoms with van der Waals surface area (Å²) in [7, 11) is -1.71. The Morgan fingerprint density at radius 1 is 1.00 bits per heavy atom. The molecule has 0 bridgehead atoms. The molecule has 0 fully saturated rings. The van der Waals surface area contributed by atoms with Crippen molar-refractivity contribution in [2.24, 2.45) is 0 Å². The highest BCUT2D eigenvalue weighted by Gasteiger charge is 2.08. The molecule has 0 saturated heterocycles. The normalized spacial score (nSPS) is 11.7. The standard InChI is InChI=1S/C16H18N2O2S/c1-17-13-15-9-5-6-10-16(15)18-21(19,20)12-11-14-7-3-2-4-8-14/h2-12,17-18H,13H2,1H3/b12-11+. The summed E-state index contributed by atoms with van der Waals surface area (Å²) >= 11 is 0. The van der Waals surface area contributed by atoms with E-state index in [1.54, 1.807) is 18.2 Å². The zero-order valence-corrected chi connectivity index (χ0v) is 12.6. The van der Waals surface area contributed by atoms with Gasteiger partial charge in [0.1, 0.15) is 0 Å². The Bertz CT molecular complexity index is 710. The molecule has 21 heavy (non-hydrogen) atoms. The second-order valence-corrected chi connectivity index (χ2v) is 6.11. The third kappa shape index (κ3) is 4.73. The number of anilines is 1. The molecule has 2 aromatic carbocycles. The number of para-hydroxylation sites is 1. The molecule has 0 unspecified atom stereocenters. The molecular formula is C16H18N2O2S. The summed E-state index contributed by atoms with van der Waals surface area (Å²) in [5, 5.41) is 4.19. The highest BCUT2D eigenvalue weighted by atomic mass is 32.2. The second kappa shape index (κ2) is 7.06. The van der Waals surface area contributed by atoms with Crippen molar-refractivity contribution in [1.29, 1.82) is 0 Å². The number of nitrogens with one attached hydrogen (secondary N) is 2. The molecule has 0 radical (unpaired) electrons. The summed E-state index contributed by atoms with van der Waals surface area (Å²) in [4.78, 5) is 0. The zero-order valence-electron chi connectivity index (χ0n) is 11.8. The Morgan fingerprint density at radius 2 is 1.67 bits per heavy atom. The first-order chi connectivity index (χ1) is 10.1. The maximum atomic E-state index is 12.1. The van der Waals surface area contributed by atoms with E-state index in [2.05, 4.69) is 10.0 Å². The highest BCUT2D eigenvalue weighted by molar-refractivity contribution is 7.95. The van der Waals surface area contributed by atoms with Crippen molar-refractivity contribution in [1.82, 2.24) is 5.32 Å². The van der Waals surface area contributed by atoms with Crippen molar-refractivity contribution in [3.8, 4) is 0 Å². The number of benzene rings is 2. The van der Waals surface area contributed by atoms with Gasteiger partial charge in [0.15, 0.2) is 0 Å². The van der Waals surface area contributed by atoms with Crippen molar-refractivity contribution >= 4 is 21.8 Å². The van der Waals surface area contributed by atoms with Crippen molar-refractivity contribution in [3.05, 3.63) is 71.1 Å². The second-order valence-electron chi connectivity index (χ2n) is 4.55. The van der Waals surface area contributed by atoms with Gasteiger partial charge in [-0.25, -0.2) is 8.42 Å². The van der Waals surface area contributed by atoms with Gasteiger partial charge in [0, 0.05) is 6.54 Å². The van der Waals surface area contributed by atoms with Crippen molar-refractivity contribution in [2.75, 3.05) is 11.8 Å². The zero-order chi connectivity index (χ0) is 15.1. The molecule has 4 nitrogen and oxygen atoms in total. The maximum Gasteiger partial charge on any atom is 0.255 e. The molecular weight excluding hydrogens is 284 g/mol. The number of hydrogen-bond donors (Lipinski definition) is 2. The van der Waals surface area contributed by atoms with Crippen LogP contribution in [-0.2, 0) is 16.6 Å². The van der Waals surface area contributed by atoms with Crippen LogP contribution in [0.1, 0.15) is 11.1 Å². The van der Waals surface area contributed by atoms with Crippen LogP contribution in [0.3, 0.4) is 0 Å². The topological polar surface area (TPSA) is 58.2 Å². The van der Waals surface area contributed by atoms with Gasteiger partial charge in [-0.05, 0) is 30.3 Å². The van der Waals surface area contributed by atoms with Crippen LogP contribution in [-0.4, -0.2) is 15.5 Å². The van der Waals surface area contributed by atoms with E-state index in [1.807, 2.05) is 49.5 Å². The predicted octanol–water partition coefficient (Wildman–Crippen LogP) is 2.82. The lowest BCUT2D eigenvalue weighted by Crippen LogP contribution is -2.13. The molecule has 110 valence electrons. The predicted molar refractivity (Wildman–Crippen MR) is 87.2 cm³/mol. The van der Waals surface area contributed by atoms with E-state index in [1.165, 1.54) is 5.41 Å². The van der Waals surface area contributed by atoms with E-state index < -0.39 is 10.0 Å². The largest absolute Gasteiger partial charge is 0.316 e. The van der Waals surface area contributed by atoms with Gasteiger partial charge < -0.3 is 5.32 Å². The van der Waals surface area contributed by atoms with Gasteiger partial charge in [-0.15, -0.1) is 0 Å². The Hall–Kier alpha value is -2.11. The molecule has 0 atom stereocenters. The smallest absolute Gasteiger partial charge is 0.255 e. The minimum atomic E-state index is -3.53. The van der Waals surface area contributed by atoms with E-state index in [4.69, 9.17) is 0 Å². The number of rotatable bonds is 6. The van der Waals surface area contributed by atoms with E-state index in [-0.39, 0.29) is 0 Å². The van der Waals surface area contributed by atoms with E-state index in [0.717, 1.165) is 11.1 Å². The molecule has 0 aromatic heterocycles. The van der Waals surface area contributed by atoms with Crippen LogP contribution in [0.5, 0.6) is 0 Å². The van der Waals surface area contributed by atoms with Crippen LogP contribution in [0.15, 0.2) is 60.0 Å². The molecule has 0 aliphatic heterocycles. The van der Waals surface area contributed by atoms with Crippen molar-refractivity contribution < 1.29 is 8.42 Å². The Labute approximate surface area is 125 Å². The summed E-state index contributed by atoms with van der Waals surface area (Å²) in [6.07, 6.45) is 1.57. The van der Waals surface area contributed by atoms with Gasteiger partial charge in [-0.3, -0.25) is 4.72 Å². The molecule has 0 amide bonds. The van der Waals surface area contributed by atoms with E-state index in [9.17, 15) is 8.42 Å². The van der Waals surface area contributed by atoms with Crippen LogP contribution >= 0.6 is 0 Å². The van der Waals surface area contributed by atoms with Gasteiger partial charge in [-0.1, -0.05) is 48.5 Å². The molecule has 0 aliphatic rings. The quantitative estimate of drug-likeness (QED) is 0.862. The van der Waals surface area contributed by atoms with Crippen LogP contribution in [0.25, 0.3) is 6.08 Å². The summed E-state index contributed by atoms with van der Waals surface area (Å²) in [5.74, 6) is 0. The lowest BCUT2D eigenvalue weighted by molar-refractivity contribution is 0.609. The molecule has 5 heteroatoms. The fraction of sp³-hybridized carbons (Fsp3) is 0.125. The first-order valence-corrected chi connectivity index (χ1v) is 8.14. The third-order valence-electron chi connectivity index (χ3n) is 2.88. The molecule has 0 saturated carbocycles. The Kier molecular flexibility index (Phi) is 5.14. The highest BCUT2D eigenvalue weighted by Crippen LogP contribution is 2.17. The van der Waals surface area contributed by atoms with Crippen LogP contribution < -0.4 is 10.0 Å². The SMILES string of the molecule is CNCc1ccccc1NS(=O)(=O)/C=C/c1ccccc1. The maximum absolute atomic E-state index is 12.1. The lowest BCUT2D eigenvalue weighted by atomic mass is 10.2. The molecule has 2 rings (SSSR count). The fourth-order valence-electron chi connectivity index (χ4n) is 1.88. The molecule has 2 aromatic rings. The van der Waals surface area contributed by atoms with Gasteiger partial charge >= 0.3 is 0 Å². The van der Waals surface area contributed by atoms with Gasteiger partial charge in [-0.2, -0.15) is 0 Å². The average Bonchev–Trinajstić information content (AvgIpc) is 2.48. The molecule has 0 heterocycles. The first kappa shape index (κ1) is 15.3. The first-order valence-electron chi connectivity index (χ1n) is 6.59. The van der Waals surface area contributed by atoms with Crippen molar-refractivity contribution in [2.45, 2.75) is 6.54 Å². The lowest BCUT2D eigenvalue weighted by Gasteiger charge is -2.10. The fourth-order valence-corrected chi connectivity index (χ4v) is 2.79. The monoisotopic (exact) mass is 302 g/mol. The summed E-state index contributed by atoms with van der Waals surface area (Å²) < 4.78 is 26.8. The van der Waals surface area contributed by atoms with Crippen LogP contribution in [0.4, 0.5) is 5.69 Å². The number of sulfonamides is 1. The van der Waals surface area contributed by atoms with E-state index >= 15 is 0 Å². The Morgan fingerprint density at radius 3 is 2.38 bits per heavy atom. The average molecular weight is 302 g/mol. The third-order valence-corrected chi connectivity index (χ3v) is 3.87. The van der Waals surface area contributed by atoms with Crippen molar-refractivity contribution in [3.63, 3.8) is 0 Å². The van der Waals surface area contributed by atoms with Gasteiger partial charge in [0.25, 0.3) is 10.0 Å². The molecule has 2 N–H and O–H groups in total. The van der Waals surface area contributed by atoms with Crippen LogP contribution in [0.2, 0.25) is 0 Å². The minimum Gasteiger partial charge on any atom is -0.316 e. The minimum absolute atomic E-state index is 0.588. The Balaban J connectivity index is 2.16. The van der Waals surface area contributed by atoms with E-state index in [0.29, 0.717) is 12.2 Å².